The highest BCUT2D eigenvalue weighted by molar-refractivity contribution is 5.24. The Morgan fingerprint density at radius 2 is 1.44 bits per heavy atom. The van der Waals surface area contributed by atoms with Crippen molar-refractivity contribution in [3.05, 3.63) is 71.0 Å². The van der Waals surface area contributed by atoms with Crippen LogP contribution in [-0.4, -0.2) is 5.11 Å². The first-order valence-electron chi connectivity index (χ1n) is 5.44. The van der Waals surface area contributed by atoms with Gasteiger partial charge < -0.3 is 5.11 Å². The van der Waals surface area contributed by atoms with Crippen molar-refractivity contribution in [2.45, 2.75) is 12.5 Å². The van der Waals surface area contributed by atoms with E-state index in [4.69, 9.17) is 0 Å². The summed E-state index contributed by atoms with van der Waals surface area (Å²) in [5, 5.41) is 9.86. The molecule has 0 bridgehead atoms. The number of rotatable bonds is 3. The SMILES string of the molecule is OC(Cc1c(F)cccc1F)c1ccc(F)cc1. The van der Waals surface area contributed by atoms with E-state index < -0.39 is 23.6 Å². The molecule has 0 saturated heterocycles. The first-order valence-corrected chi connectivity index (χ1v) is 5.44. The highest BCUT2D eigenvalue weighted by atomic mass is 19.1. The number of hydrogen-bond acceptors (Lipinski definition) is 1. The molecule has 0 aliphatic heterocycles. The summed E-state index contributed by atoms with van der Waals surface area (Å²) in [5.41, 5.74) is 0.244. The average Bonchev–Trinajstić information content (AvgIpc) is 2.34. The van der Waals surface area contributed by atoms with Crippen molar-refractivity contribution in [2.24, 2.45) is 0 Å². The van der Waals surface area contributed by atoms with Crippen LogP contribution in [0.4, 0.5) is 13.2 Å². The maximum atomic E-state index is 13.4. The molecule has 94 valence electrons. The zero-order chi connectivity index (χ0) is 13.1. The number of halogens is 3. The van der Waals surface area contributed by atoms with Gasteiger partial charge in [0.15, 0.2) is 0 Å². The quantitative estimate of drug-likeness (QED) is 0.887. The summed E-state index contributed by atoms with van der Waals surface area (Å²) >= 11 is 0. The van der Waals surface area contributed by atoms with Gasteiger partial charge >= 0.3 is 0 Å². The van der Waals surface area contributed by atoms with E-state index in [2.05, 4.69) is 0 Å². The minimum atomic E-state index is -1.07. The van der Waals surface area contributed by atoms with E-state index in [1.165, 1.54) is 30.3 Å². The molecule has 1 unspecified atom stereocenters. The maximum absolute atomic E-state index is 13.4. The molecule has 0 aliphatic rings. The lowest BCUT2D eigenvalue weighted by molar-refractivity contribution is 0.175. The van der Waals surface area contributed by atoms with Crippen molar-refractivity contribution in [3.8, 4) is 0 Å². The summed E-state index contributed by atoms with van der Waals surface area (Å²) in [7, 11) is 0. The van der Waals surface area contributed by atoms with Crippen LogP contribution in [0.2, 0.25) is 0 Å². The van der Waals surface area contributed by atoms with Gasteiger partial charge in [-0.25, -0.2) is 13.2 Å². The molecular weight excluding hydrogens is 241 g/mol. The van der Waals surface area contributed by atoms with E-state index in [9.17, 15) is 18.3 Å². The van der Waals surface area contributed by atoms with E-state index in [0.29, 0.717) is 5.56 Å². The van der Waals surface area contributed by atoms with Gasteiger partial charge in [-0.3, -0.25) is 0 Å². The summed E-state index contributed by atoms with van der Waals surface area (Å²) < 4.78 is 39.5. The molecule has 0 saturated carbocycles. The fraction of sp³-hybridized carbons (Fsp3) is 0.143. The number of benzene rings is 2. The predicted molar refractivity (Wildman–Crippen MR) is 61.4 cm³/mol. The molecule has 1 atom stereocenters. The van der Waals surface area contributed by atoms with Crippen molar-refractivity contribution in [1.82, 2.24) is 0 Å². The Kier molecular flexibility index (Phi) is 3.67. The van der Waals surface area contributed by atoms with Crippen LogP contribution >= 0.6 is 0 Å². The van der Waals surface area contributed by atoms with Crippen molar-refractivity contribution < 1.29 is 18.3 Å². The van der Waals surface area contributed by atoms with E-state index in [1.807, 2.05) is 0 Å². The Morgan fingerprint density at radius 1 is 0.889 bits per heavy atom. The molecule has 0 spiro atoms. The molecule has 2 rings (SSSR count). The maximum Gasteiger partial charge on any atom is 0.129 e. The van der Waals surface area contributed by atoms with E-state index in [1.54, 1.807) is 0 Å². The monoisotopic (exact) mass is 252 g/mol. The lowest BCUT2D eigenvalue weighted by Crippen LogP contribution is -2.05. The molecule has 0 amide bonds. The highest BCUT2D eigenvalue weighted by Crippen LogP contribution is 2.22. The first kappa shape index (κ1) is 12.6. The lowest BCUT2D eigenvalue weighted by atomic mass is 10.0. The van der Waals surface area contributed by atoms with Crippen LogP contribution < -0.4 is 0 Å². The smallest absolute Gasteiger partial charge is 0.129 e. The molecule has 4 heteroatoms. The highest BCUT2D eigenvalue weighted by Gasteiger charge is 2.15. The molecule has 0 heterocycles. The van der Waals surface area contributed by atoms with E-state index in [-0.39, 0.29) is 12.0 Å². The van der Waals surface area contributed by atoms with Crippen LogP contribution in [0.25, 0.3) is 0 Å². The second-order valence-corrected chi connectivity index (χ2v) is 3.97. The van der Waals surface area contributed by atoms with Gasteiger partial charge in [-0.15, -0.1) is 0 Å². The second kappa shape index (κ2) is 5.23. The van der Waals surface area contributed by atoms with Crippen LogP contribution in [0.3, 0.4) is 0 Å². The number of hydrogen-bond donors (Lipinski definition) is 1. The summed E-state index contributed by atoms with van der Waals surface area (Å²) in [4.78, 5) is 0. The Labute approximate surface area is 103 Å². The lowest BCUT2D eigenvalue weighted by Gasteiger charge is -2.12. The Balaban J connectivity index is 2.21. The molecule has 1 nitrogen and oxygen atoms in total. The standard InChI is InChI=1S/C14H11F3O/c15-10-6-4-9(5-7-10)14(18)8-11-12(16)2-1-3-13(11)17/h1-7,14,18H,8H2. The van der Waals surface area contributed by atoms with Crippen molar-refractivity contribution in [1.29, 1.82) is 0 Å². The normalized spacial score (nSPS) is 12.4. The van der Waals surface area contributed by atoms with Gasteiger partial charge in [0.2, 0.25) is 0 Å². The van der Waals surface area contributed by atoms with Crippen molar-refractivity contribution in [3.63, 3.8) is 0 Å². The third-order valence-electron chi connectivity index (χ3n) is 2.71. The summed E-state index contributed by atoms with van der Waals surface area (Å²) in [6.07, 6.45) is -1.26. The van der Waals surface area contributed by atoms with Gasteiger partial charge in [-0.05, 0) is 29.8 Å². The van der Waals surface area contributed by atoms with E-state index in [0.717, 1.165) is 12.1 Å². The Bertz CT molecular complexity index is 517. The third-order valence-corrected chi connectivity index (χ3v) is 2.71. The second-order valence-electron chi connectivity index (χ2n) is 3.97. The molecule has 0 fully saturated rings. The molecule has 0 radical (unpaired) electrons. The van der Waals surface area contributed by atoms with Crippen molar-refractivity contribution in [2.75, 3.05) is 0 Å². The summed E-state index contributed by atoms with van der Waals surface area (Å²) in [6, 6.07) is 8.69. The fourth-order valence-electron chi connectivity index (χ4n) is 1.72. The molecule has 2 aromatic carbocycles. The number of aliphatic hydroxyl groups is 1. The van der Waals surface area contributed by atoms with Crippen LogP contribution in [0, 0.1) is 17.5 Å². The molecule has 2 aromatic rings. The van der Waals surface area contributed by atoms with Crippen LogP contribution in [0.15, 0.2) is 42.5 Å². The first-order chi connectivity index (χ1) is 8.58. The molecule has 1 N–H and O–H groups in total. The summed E-state index contributed by atoms with van der Waals surface area (Å²) in [6.45, 7) is 0. The largest absolute Gasteiger partial charge is 0.388 e. The fourth-order valence-corrected chi connectivity index (χ4v) is 1.72. The van der Waals surface area contributed by atoms with Gasteiger partial charge in [0.05, 0.1) is 6.10 Å². The van der Waals surface area contributed by atoms with Gasteiger partial charge in [0.25, 0.3) is 0 Å². The molecule has 0 aromatic heterocycles. The topological polar surface area (TPSA) is 20.2 Å². The van der Waals surface area contributed by atoms with Crippen LogP contribution in [-0.2, 0) is 6.42 Å². The predicted octanol–water partition coefficient (Wildman–Crippen LogP) is 3.38. The van der Waals surface area contributed by atoms with Gasteiger partial charge in [0.1, 0.15) is 17.5 Å². The Hall–Kier alpha value is -1.81. The van der Waals surface area contributed by atoms with Gasteiger partial charge in [-0.1, -0.05) is 18.2 Å². The van der Waals surface area contributed by atoms with Crippen molar-refractivity contribution >= 4 is 0 Å². The average molecular weight is 252 g/mol. The number of aliphatic hydroxyl groups excluding tert-OH is 1. The van der Waals surface area contributed by atoms with Crippen LogP contribution in [0.5, 0.6) is 0 Å². The minimum Gasteiger partial charge on any atom is -0.388 e. The van der Waals surface area contributed by atoms with Gasteiger partial charge in [-0.2, -0.15) is 0 Å². The summed E-state index contributed by atoms with van der Waals surface area (Å²) in [5.74, 6) is -1.82. The Morgan fingerprint density at radius 3 is 2.00 bits per heavy atom. The van der Waals surface area contributed by atoms with Gasteiger partial charge in [0, 0.05) is 12.0 Å². The zero-order valence-electron chi connectivity index (χ0n) is 9.41. The van der Waals surface area contributed by atoms with Crippen LogP contribution in [0.1, 0.15) is 17.2 Å². The molecule has 0 aliphatic carbocycles. The van der Waals surface area contributed by atoms with E-state index >= 15 is 0 Å². The molecular formula is C14H11F3O. The molecule has 18 heavy (non-hydrogen) atoms. The minimum absolute atomic E-state index is 0.172. The zero-order valence-corrected chi connectivity index (χ0v) is 9.41. The third kappa shape index (κ3) is 2.71.